The fraction of sp³-hybridized carbons (Fsp3) is 0.889. The molecule has 2 atom stereocenters. The topological polar surface area (TPSA) is 59.1 Å². The summed E-state index contributed by atoms with van der Waals surface area (Å²) < 4.78 is 11.0. The third-order valence-corrected chi connectivity index (χ3v) is 3.88. The van der Waals surface area contributed by atoms with E-state index in [1.54, 1.807) is 23.6 Å². The highest BCUT2D eigenvalue weighted by Gasteiger charge is 2.29. The maximum atomic E-state index is 12.3. The molecule has 0 aromatic carbocycles. The molecule has 0 N–H and O–H groups in total. The van der Waals surface area contributed by atoms with Gasteiger partial charge in [-0.15, -0.1) is 0 Å². The van der Waals surface area contributed by atoms with Crippen molar-refractivity contribution in [3.8, 4) is 0 Å². The third kappa shape index (κ3) is 6.57. The van der Waals surface area contributed by atoms with E-state index in [1.165, 1.54) is 0 Å². The first-order chi connectivity index (χ1) is 10.9. The number of rotatable bonds is 7. The molecular formula is C18H36N2O4. The first kappa shape index (κ1) is 22.5. The highest BCUT2D eigenvalue weighted by atomic mass is 16.6. The largest absolute Gasteiger partial charge is 0.442 e. The number of ether oxygens (including phenoxy) is 2. The van der Waals surface area contributed by atoms with Gasteiger partial charge in [-0.1, -0.05) is 0 Å². The Morgan fingerprint density at radius 1 is 0.542 bits per heavy atom. The normalized spacial score (nSPS) is 14.1. The van der Waals surface area contributed by atoms with Crippen LogP contribution in [0.2, 0.25) is 0 Å². The summed E-state index contributed by atoms with van der Waals surface area (Å²) in [5.41, 5.74) is 0. The second-order valence-corrected chi connectivity index (χ2v) is 7.37. The predicted octanol–water partition coefficient (Wildman–Crippen LogP) is 4.27. The predicted molar refractivity (Wildman–Crippen MR) is 96.1 cm³/mol. The van der Waals surface area contributed by atoms with Crippen LogP contribution in [-0.2, 0) is 9.47 Å². The molecule has 2 unspecified atom stereocenters. The minimum atomic E-state index is -0.525. The van der Waals surface area contributed by atoms with Crippen LogP contribution in [0.5, 0.6) is 0 Å². The van der Waals surface area contributed by atoms with E-state index in [2.05, 4.69) is 0 Å². The van der Waals surface area contributed by atoms with Crippen molar-refractivity contribution in [1.82, 2.24) is 9.80 Å². The summed E-state index contributed by atoms with van der Waals surface area (Å²) in [4.78, 5) is 28.0. The van der Waals surface area contributed by atoms with E-state index in [0.29, 0.717) is 0 Å². The van der Waals surface area contributed by atoms with Crippen molar-refractivity contribution in [2.45, 2.75) is 106 Å². The molecule has 0 fully saturated rings. The number of carbonyl (C=O) groups is 2. The second-order valence-electron chi connectivity index (χ2n) is 7.37. The van der Waals surface area contributed by atoms with Crippen LogP contribution >= 0.6 is 0 Å². The van der Waals surface area contributed by atoms with E-state index in [1.807, 2.05) is 55.4 Å². The van der Waals surface area contributed by atoms with Crippen molar-refractivity contribution in [2.75, 3.05) is 0 Å². The van der Waals surface area contributed by atoms with Gasteiger partial charge in [-0.25, -0.2) is 9.59 Å². The summed E-state index contributed by atoms with van der Waals surface area (Å²) in [6.07, 6.45) is -1.83. The number of nitrogens with zero attached hydrogens (tertiary/aromatic N) is 2. The van der Waals surface area contributed by atoms with E-state index in [4.69, 9.17) is 9.47 Å². The van der Waals surface area contributed by atoms with Crippen LogP contribution in [0.1, 0.15) is 69.2 Å². The number of hydrogen-bond acceptors (Lipinski definition) is 4. The summed E-state index contributed by atoms with van der Waals surface area (Å²) in [5.74, 6) is 0. The zero-order valence-electron chi connectivity index (χ0n) is 17.0. The minimum absolute atomic E-state index is 0.0416. The average Bonchev–Trinajstić information content (AvgIpc) is 2.35. The monoisotopic (exact) mass is 344 g/mol. The van der Waals surface area contributed by atoms with Gasteiger partial charge in [-0.05, 0) is 69.2 Å². The zero-order valence-corrected chi connectivity index (χ0v) is 17.0. The standard InChI is InChI=1S/C18H36N2O4/c1-11(2)19(12(3)4)17(21)23-15(9)16(10)24-18(22)20(13(5)6)14(7)8/h11-16H,1-10H3. The van der Waals surface area contributed by atoms with E-state index < -0.39 is 12.2 Å². The zero-order chi connectivity index (χ0) is 19.2. The van der Waals surface area contributed by atoms with E-state index in [0.717, 1.165) is 0 Å². The molecule has 6 nitrogen and oxygen atoms in total. The van der Waals surface area contributed by atoms with Gasteiger partial charge in [0.05, 0.1) is 0 Å². The average molecular weight is 344 g/mol. The van der Waals surface area contributed by atoms with Crippen LogP contribution in [-0.4, -0.2) is 58.4 Å². The molecule has 0 aromatic rings. The molecule has 0 rings (SSSR count). The molecule has 24 heavy (non-hydrogen) atoms. The van der Waals surface area contributed by atoms with Crippen LogP contribution in [0, 0.1) is 0 Å². The maximum Gasteiger partial charge on any atom is 0.410 e. The number of hydrogen-bond donors (Lipinski definition) is 0. The Morgan fingerprint density at radius 2 is 0.750 bits per heavy atom. The Labute approximate surface area is 147 Å². The smallest absolute Gasteiger partial charge is 0.410 e. The molecule has 0 saturated heterocycles. The van der Waals surface area contributed by atoms with E-state index >= 15 is 0 Å². The molecule has 0 aliphatic heterocycles. The van der Waals surface area contributed by atoms with E-state index in [9.17, 15) is 9.59 Å². The molecule has 2 amide bonds. The quantitative estimate of drug-likeness (QED) is 0.692. The summed E-state index contributed by atoms with van der Waals surface area (Å²) in [6.45, 7) is 19.0. The van der Waals surface area contributed by atoms with Gasteiger partial charge in [-0.3, -0.25) is 0 Å². The Bertz CT molecular complexity index is 354. The summed E-state index contributed by atoms with van der Waals surface area (Å²) in [7, 11) is 0. The number of carbonyl (C=O) groups excluding carboxylic acids is 2. The summed E-state index contributed by atoms with van der Waals surface area (Å²) >= 11 is 0. The Balaban J connectivity index is 4.80. The van der Waals surface area contributed by atoms with Gasteiger partial charge in [0.1, 0.15) is 12.2 Å². The van der Waals surface area contributed by atoms with Crippen molar-refractivity contribution < 1.29 is 19.1 Å². The van der Waals surface area contributed by atoms with Crippen LogP contribution in [0.4, 0.5) is 9.59 Å². The Hall–Kier alpha value is -1.46. The summed E-state index contributed by atoms with van der Waals surface area (Å²) in [6, 6.07) is 0.166. The van der Waals surface area contributed by atoms with Crippen LogP contribution in [0.25, 0.3) is 0 Å². The van der Waals surface area contributed by atoms with Crippen molar-refractivity contribution in [3.63, 3.8) is 0 Å². The lowest BCUT2D eigenvalue weighted by molar-refractivity contribution is -0.0256. The van der Waals surface area contributed by atoms with Gasteiger partial charge in [0.2, 0.25) is 0 Å². The Kier molecular flexibility index (Phi) is 9.15. The van der Waals surface area contributed by atoms with Crippen molar-refractivity contribution in [1.29, 1.82) is 0 Å². The molecule has 0 heterocycles. The molecule has 0 radical (unpaired) electrons. The van der Waals surface area contributed by atoms with Crippen molar-refractivity contribution >= 4 is 12.2 Å². The van der Waals surface area contributed by atoms with Gasteiger partial charge >= 0.3 is 12.2 Å². The Morgan fingerprint density at radius 3 is 0.917 bits per heavy atom. The third-order valence-electron chi connectivity index (χ3n) is 3.88. The highest BCUT2D eigenvalue weighted by Crippen LogP contribution is 2.14. The lowest BCUT2D eigenvalue weighted by atomic mass is 10.2. The van der Waals surface area contributed by atoms with Crippen LogP contribution in [0.15, 0.2) is 0 Å². The second kappa shape index (κ2) is 9.74. The van der Waals surface area contributed by atoms with E-state index in [-0.39, 0.29) is 36.4 Å². The molecule has 0 spiro atoms. The van der Waals surface area contributed by atoms with Gasteiger partial charge in [0.25, 0.3) is 0 Å². The van der Waals surface area contributed by atoms with Crippen LogP contribution in [0.3, 0.4) is 0 Å². The maximum absolute atomic E-state index is 12.3. The lowest BCUT2D eigenvalue weighted by Crippen LogP contribution is -2.47. The van der Waals surface area contributed by atoms with Gasteiger partial charge in [0.15, 0.2) is 0 Å². The molecule has 0 aliphatic rings. The fourth-order valence-corrected chi connectivity index (χ4v) is 2.67. The van der Waals surface area contributed by atoms with Gasteiger partial charge in [0, 0.05) is 24.2 Å². The van der Waals surface area contributed by atoms with Crippen molar-refractivity contribution in [3.05, 3.63) is 0 Å². The first-order valence-corrected chi connectivity index (χ1v) is 8.87. The van der Waals surface area contributed by atoms with Crippen LogP contribution < -0.4 is 0 Å². The molecule has 142 valence electrons. The molecule has 0 aliphatic carbocycles. The van der Waals surface area contributed by atoms with Crippen molar-refractivity contribution in [2.24, 2.45) is 0 Å². The van der Waals surface area contributed by atoms with Gasteiger partial charge < -0.3 is 19.3 Å². The van der Waals surface area contributed by atoms with Gasteiger partial charge in [-0.2, -0.15) is 0 Å². The minimum Gasteiger partial charge on any atom is -0.442 e. The highest BCUT2D eigenvalue weighted by molar-refractivity contribution is 5.69. The SMILES string of the molecule is CC(OC(=O)N(C(C)C)C(C)C)C(C)OC(=O)N(C(C)C)C(C)C. The molecule has 0 saturated carbocycles. The number of amides is 2. The first-order valence-electron chi connectivity index (χ1n) is 8.87. The lowest BCUT2D eigenvalue weighted by Gasteiger charge is -2.34. The summed E-state index contributed by atoms with van der Waals surface area (Å²) in [5, 5.41) is 0. The molecule has 0 bridgehead atoms. The fourth-order valence-electron chi connectivity index (χ4n) is 2.67. The molecule has 0 aromatic heterocycles. The molecule has 6 heteroatoms. The molecular weight excluding hydrogens is 308 g/mol.